The third kappa shape index (κ3) is 1.88. The van der Waals surface area contributed by atoms with Crippen molar-refractivity contribution in [1.29, 1.82) is 0 Å². The Hall–Kier alpha value is -2.54. The smallest absolute Gasteiger partial charge is 0.299 e. The van der Waals surface area contributed by atoms with E-state index in [-0.39, 0.29) is 11.3 Å². The van der Waals surface area contributed by atoms with Gasteiger partial charge < -0.3 is 0 Å². The number of fused-ring (bicyclic) bond motifs is 1. The molecule has 0 saturated heterocycles. The van der Waals surface area contributed by atoms with Gasteiger partial charge in [-0.05, 0) is 17.5 Å². The molecule has 0 atom stereocenters. The Kier molecular flexibility index (Phi) is 2.83. The number of carbonyl (C=O) groups excluding carboxylic acids is 2. The Morgan fingerprint density at radius 2 is 2.05 bits per heavy atom. The minimum Gasteiger partial charge on any atom is -0.300 e. The largest absolute Gasteiger partial charge is 0.300 e. The summed E-state index contributed by atoms with van der Waals surface area (Å²) in [6, 6.07) is 7.63. The predicted molar refractivity (Wildman–Crippen MR) is 72.9 cm³/mol. The van der Waals surface area contributed by atoms with Gasteiger partial charge in [-0.2, -0.15) is 0 Å². The van der Waals surface area contributed by atoms with Gasteiger partial charge in [0, 0.05) is 17.0 Å². The van der Waals surface area contributed by atoms with Gasteiger partial charge in [0.15, 0.2) is 0 Å². The molecule has 0 radical (unpaired) electrons. The molecule has 2 aromatic rings. The molecule has 1 amide bonds. The normalized spacial score (nSPS) is 13.7. The van der Waals surface area contributed by atoms with E-state index in [9.17, 15) is 19.7 Å². The molecule has 20 heavy (non-hydrogen) atoms. The number of nitro benzene ring substituents is 1. The van der Waals surface area contributed by atoms with Crippen LogP contribution in [0.5, 0.6) is 0 Å². The van der Waals surface area contributed by atoms with Gasteiger partial charge in [-0.15, -0.1) is 11.3 Å². The molecule has 0 bridgehead atoms. The van der Waals surface area contributed by atoms with Crippen molar-refractivity contribution in [3.8, 4) is 0 Å². The lowest BCUT2D eigenvalue weighted by atomic mass is 10.1. The first-order valence-electron chi connectivity index (χ1n) is 5.75. The van der Waals surface area contributed by atoms with E-state index in [4.69, 9.17) is 0 Å². The highest BCUT2D eigenvalue weighted by Crippen LogP contribution is 2.33. The molecular formula is C13H8N2O4S. The Morgan fingerprint density at radius 1 is 1.25 bits per heavy atom. The van der Waals surface area contributed by atoms with Crippen LogP contribution in [0, 0.1) is 10.1 Å². The third-order valence-corrected chi connectivity index (χ3v) is 3.92. The van der Waals surface area contributed by atoms with E-state index in [0.29, 0.717) is 12.2 Å². The van der Waals surface area contributed by atoms with E-state index in [2.05, 4.69) is 0 Å². The van der Waals surface area contributed by atoms with Gasteiger partial charge in [-0.3, -0.25) is 24.6 Å². The van der Waals surface area contributed by atoms with Crippen LogP contribution in [0.4, 0.5) is 11.4 Å². The Balaban J connectivity index is 2.02. The fourth-order valence-electron chi connectivity index (χ4n) is 2.12. The highest BCUT2D eigenvalue weighted by Gasteiger charge is 2.37. The molecule has 0 fully saturated rings. The summed E-state index contributed by atoms with van der Waals surface area (Å²) in [5, 5.41) is 12.6. The van der Waals surface area contributed by atoms with Crippen LogP contribution in [-0.4, -0.2) is 16.6 Å². The number of benzene rings is 1. The second-order valence-electron chi connectivity index (χ2n) is 4.26. The Morgan fingerprint density at radius 3 is 2.70 bits per heavy atom. The molecule has 100 valence electrons. The zero-order valence-corrected chi connectivity index (χ0v) is 10.9. The van der Waals surface area contributed by atoms with E-state index in [1.807, 2.05) is 17.5 Å². The molecule has 7 heteroatoms. The summed E-state index contributed by atoms with van der Waals surface area (Å²) in [7, 11) is 0. The van der Waals surface area contributed by atoms with Crippen LogP contribution in [0.3, 0.4) is 0 Å². The fourth-order valence-corrected chi connectivity index (χ4v) is 2.81. The molecule has 1 aromatic carbocycles. The van der Waals surface area contributed by atoms with E-state index < -0.39 is 16.6 Å². The molecular weight excluding hydrogens is 280 g/mol. The fraction of sp³-hybridized carbons (Fsp3) is 0.0769. The second kappa shape index (κ2) is 4.53. The van der Waals surface area contributed by atoms with Gasteiger partial charge in [-0.25, -0.2) is 0 Å². The van der Waals surface area contributed by atoms with Crippen molar-refractivity contribution in [2.24, 2.45) is 0 Å². The van der Waals surface area contributed by atoms with Crippen LogP contribution < -0.4 is 4.90 Å². The number of ketones is 1. The lowest BCUT2D eigenvalue weighted by Gasteiger charge is -2.14. The van der Waals surface area contributed by atoms with Gasteiger partial charge >= 0.3 is 0 Å². The monoisotopic (exact) mass is 288 g/mol. The highest BCUT2D eigenvalue weighted by molar-refractivity contribution is 7.09. The molecule has 1 aromatic heterocycles. The first-order valence-corrected chi connectivity index (χ1v) is 6.63. The van der Waals surface area contributed by atoms with Crippen molar-refractivity contribution in [2.75, 3.05) is 4.90 Å². The maximum absolute atomic E-state index is 12.0. The lowest BCUT2D eigenvalue weighted by Crippen LogP contribution is -2.28. The minimum absolute atomic E-state index is 0.0979. The highest BCUT2D eigenvalue weighted by atomic mass is 32.1. The summed E-state index contributed by atoms with van der Waals surface area (Å²) in [4.78, 5) is 36.3. The molecule has 1 aliphatic heterocycles. The summed E-state index contributed by atoms with van der Waals surface area (Å²) in [6.07, 6.45) is 0. The topological polar surface area (TPSA) is 80.5 Å². The molecule has 2 heterocycles. The number of nitro groups is 1. The summed E-state index contributed by atoms with van der Waals surface area (Å²) in [6.45, 7) is 0.299. The minimum atomic E-state index is -0.694. The van der Waals surface area contributed by atoms with E-state index in [0.717, 1.165) is 10.9 Å². The first-order chi connectivity index (χ1) is 9.58. The quantitative estimate of drug-likeness (QED) is 0.493. The van der Waals surface area contributed by atoms with Gasteiger partial charge in [-0.1, -0.05) is 6.07 Å². The van der Waals surface area contributed by atoms with Crippen molar-refractivity contribution < 1.29 is 14.5 Å². The van der Waals surface area contributed by atoms with Crippen molar-refractivity contribution in [3.05, 3.63) is 56.3 Å². The van der Waals surface area contributed by atoms with Crippen LogP contribution in [0.15, 0.2) is 35.7 Å². The van der Waals surface area contributed by atoms with Gasteiger partial charge in [0.2, 0.25) is 0 Å². The number of rotatable bonds is 3. The number of nitrogens with zero attached hydrogens (tertiary/aromatic N) is 2. The van der Waals surface area contributed by atoms with E-state index in [1.165, 1.54) is 28.4 Å². The average Bonchev–Trinajstić information content (AvgIpc) is 3.02. The van der Waals surface area contributed by atoms with E-state index >= 15 is 0 Å². The van der Waals surface area contributed by atoms with Crippen molar-refractivity contribution in [1.82, 2.24) is 0 Å². The first kappa shape index (κ1) is 12.5. The van der Waals surface area contributed by atoms with Gasteiger partial charge in [0.1, 0.15) is 0 Å². The third-order valence-electron chi connectivity index (χ3n) is 3.06. The number of non-ortho nitro benzene ring substituents is 1. The molecule has 0 spiro atoms. The maximum Gasteiger partial charge on any atom is 0.299 e. The lowest BCUT2D eigenvalue weighted by molar-refractivity contribution is -0.384. The van der Waals surface area contributed by atoms with E-state index in [1.54, 1.807) is 0 Å². The zero-order valence-electron chi connectivity index (χ0n) is 10.1. The second-order valence-corrected chi connectivity index (χ2v) is 5.29. The van der Waals surface area contributed by atoms with Crippen LogP contribution in [0.25, 0.3) is 0 Å². The van der Waals surface area contributed by atoms with Crippen molar-refractivity contribution in [2.45, 2.75) is 6.54 Å². The van der Waals surface area contributed by atoms with Crippen LogP contribution >= 0.6 is 11.3 Å². The molecule has 3 rings (SSSR count). The summed E-state index contributed by atoms with van der Waals surface area (Å²) >= 11 is 1.48. The van der Waals surface area contributed by atoms with Crippen LogP contribution in [0.2, 0.25) is 0 Å². The van der Waals surface area contributed by atoms with Gasteiger partial charge in [0.05, 0.1) is 22.7 Å². The average molecular weight is 288 g/mol. The standard InChI is InChI=1S/C13H8N2O4S/c16-12-10-6-8(15(18)19)3-4-11(10)14(13(12)17)7-9-2-1-5-20-9/h1-6H,7H2. The Labute approximate surface area is 117 Å². The van der Waals surface area contributed by atoms with Crippen molar-refractivity contribution >= 4 is 34.4 Å². The number of hydrogen-bond donors (Lipinski definition) is 0. The molecule has 0 saturated carbocycles. The predicted octanol–water partition coefficient (Wildman–Crippen LogP) is 2.39. The number of Topliss-reactive ketones (excluding diaryl/α,β-unsaturated/α-hetero) is 1. The SMILES string of the molecule is O=C1C(=O)N(Cc2cccs2)c2ccc([N+](=O)[O-])cc21. The van der Waals surface area contributed by atoms with Crippen LogP contribution in [0.1, 0.15) is 15.2 Å². The number of hydrogen-bond acceptors (Lipinski definition) is 5. The molecule has 6 nitrogen and oxygen atoms in total. The number of anilines is 1. The molecule has 0 unspecified atom stereocenters. The number of thiophene rings is 1. The summed E-state index contributed by atoms with van der Waals surface area (Å²) in [5.41, 5.74) is 0.336. The number of amides is 1. The Bertz CT molecular complexity index is 724. The molecule has 1 aliphatic rings. The van der Waals surface area contributed by atoms with Crippen LogP contribution in [-0.2, 0) is 11.3 Å². The molecule has 0 aliphatic carbocycles. The maximum atomic E-state index is 12.0. The summed E-state index contributed by atoms with van der Waals surface area (Å²) in [5.74, 6) is -1.34. The van der Waals surface area contributed by atoms with Gasteiger partial charge in [0.25, 0.3) is 17.4 Å². The summed E-state index contributed by atoms with van der Waals surface area (Å²) < 4.78 is 0. The molecule has 0 N–H and O–H groups in total. The zero-order chi connectivity index (χ0) is 14.3. The van der Waals surface area contributed by atoms with Crippen molar-refractivity contribution in [3.63, 3.8) is 0 Å². The number of carbonyl (C=O) groups is 2.